The molecule has 4 aromatic rings. The van der Waals surface area contributed by atoms with E-state index in [0.29, 0.717) is 33.4 Å². The lowest BCUT2D eigenvalue weighted by atomic mass is 10.1. The fourth-order valence-corrected chi connectivity index (χ4v) is 4.64. The average Bonchev–Trinajstić information content (AvgIpc) is 3.33. The van der Waals surface area contributed by atoms with Crippen molar-refractivity contribution in [2.75, 3.05) is 23.3 Å². The third kappa shape index (κ3) is 4.77. The molecular weight excluding hydrogens is 480 g/mol. The van der Waals surface area contributed by atoms with Gasteiger partial charge in [-0.25, -0.2) is 4.98 Å². The van der Waals surface area contributed by atoms with Gasteiger partial charge in [-0.1, -0.05) is 24.6 Å². The van der Waals surface area contributed by atoms with Gasteiger partial charge in [-0.05, 0) is 73.7 Å². The van der Waals surface area contributed by atoms with E-state index in [1.165, 1.54) is 6.07 Å². The molecule has 0 spiro atoms. The summed E-state index contributed by atoms with van der Waals surface area (Å²) >= 11 is 6.36. The van der Waals surface area contributed by atoms with Gasteiger partial charge in [-0.3, -0.25) is 14.9 Å². The summed E-state index contributed by atoms with van der Waals surface area (Å²) in [5.41, 5.74) is 4.23. The third-order valence-corrected chi connectivity index (χ3v) is 6.78. The van der Waals surface area contributed by atoms with Crippen LogP contribution in [0.25, 0.3) is 22.6 Å². The van der Waals surface area contributed by atoms with Crippen molar-refractivity contribution in [3.63, 3.8) is 0 Å². The van der Waals surface area contributed by atoms with Gasteiger partial charge in [0.25, 0.3) is 11.6 Å². The molecule has 1 saturated heterocycles. The third-order valence-electron chi connectivity index (χ3n) is 6.45. The lowest BCUT2D eigenvalue weighted by molar-refractivity contribution is -0.384. The number of piperidine rings is 1. The van der Waals surface area contributed by atoms with E-state index in [4.69, 9.17) is 16.0 Å². The maximum Gasteiger partial charge on any atom is 0.293 e. The van der Waals surface area contributed by atoms with E-state index in [-0.39, 0.29) is 11.3 Å². The van der Waals surface area contributed by atoms with Crippen LogP contribution in [0.3, 0.4) is 0 Å². The molecular formula is C27H25ClN4O4. The van der Waals surface area contributed by atoms with Crippen LogP contribution < -0.4 is 10.2 Å². The number of aryl methyl sites for hydroxylation is 1. The number of carbonyl (C=O) groups is 1. The normalized spacial score (nSPS) is 13.7. The van der Waals surface area contributed by atoms with E-state index in [1.54, 1.807) is 30.3 Å². The summed E-state index contributed by atoms with van der Waals surface area (Å²) in [6.07, 6.45) is 4.00. The van der Waals surface area contributed by atoms with Gasteiger partial charge in [0.1, 0.15) is 11.2 Å². The summed E-state index contributed by atoms with van der Waals surface area (Å²) in [5.74, 6) is -0.0839. The van der Waals surface area contributed by atoms with Crippen molar-refractivity contribution in [3.05, 3.63) is 80.9 Å². The molecule has 1 aliphatic heterocycles. The van der Waals surface area contributed by atoms with Crippen LogP contribution in [0.15, 0.2) is 59.0 Å². The van der Waals surface area contributed by atoms with Crippen molar-refractivity contribution < 1.29 is 14.1 Å². The molecule has 1 N–H and O–H groups in total. The number of anilines is 2. The average molecular weight is 505 g/mol. The molecule has 184 valence electrons. The van der Waals surface area contributed by atoms with Gasteiger partial charge in [0.05, 0.1) is 15.6 Å². The van der Waals surface area contributed by atoms with E-state index in [0.717, 1.165) is 49.9 Å². The summed E-state index contributed by atoms with van der Waals surface area (Å²) in [7, 11) is 0. The Bertz CT molecular complexity index is 1460. The second-order valence-corrected chi connectivity index (χ2v) is 9.24. The highest BCUT2D eigenvalue weighted by Crippen LogP contribution is 2.33. The zero-order chi connectivity index (χ0) is 25.2. The maximum absolute atomic E-state index is 13.0. The van der Waals surface area contributed by atoms with Gasteiger partial charge in [0.15, 0.2) is 5.58 Å². The Labute approximate surface area is 213 Å². The molecule has 0 radical (unpaired) electrons. The molecule has 0 aliphatic carbocycles. The predicted molar refractivity (Wildman–Crippen MR) is 141 cm³/mol. The number of amides is 1. The predicted octanol–water partition coefficient (Wildman–Crippen LogP) is 6.86. The van der Waals surface area contributed by atoms with Crippen LogP contribution in [0.4, 0.5) is 17.1 Å². The molecule has 3 aromatic carbocycles. The number of nitro benzene ring substituents is 1. The number of halogens is 1. The summed E-state index contributed by atoms with van der Waals surface area (Å²) in [6, 6.07) is 15.6. The highest BCUT2D eigenvalue weighted by molar-refractivity contribution is 6.34. The number of hydrogen-bond acceptors (Lipinski definition) is 6. The van der Waals surface area contributed by atoms with Crippen molar-refractivity contribution in [2.45, 2.75) is 32.6 Å². The summed E-state index contributed by atoms with van der Waals surface area (Å²) < 4.78 is 5.90. The molecule has 0 saturated carbocycles. The zero-order valence-electron chi connectivity index (χ0n) is 19.8. The van der Waals surface area contributed by atoms with Crippen molar-refractivity contribution in [2.24, 2.45) is 0 Å². The summed E-state index contributed by atoms with van der Waals surface area (Å²) in [5, 5.41) is 14.9. The highest BCUT2D eigenvalue weighted by atomic mass is 35.5. The zero-order valence-corrected chi connectivity index (χ0v) is 20.5. The highest BCUT2D eigenvalue weighted by Gasteiger charge is 2.23. The van der Waals surface area contributed by atoms with Crippen LogP contribution in [0.5, 0.6) is 0 Å². The smallest absolute Gasteiger partial charge is 0.293 e. The molecule has 1 fully saturated rings. The first-order valence-electron chi connectivity index (χ1n) is 12.0. The van der Waals surface area contributed by atoms with E-state index in [2.05, 4.69) is 17.2 Å². The monoisotopic (exact) mass is 504 g/mol. The number of nitro groups is 1. The Kier molecular flexibility index (Phi) is 6.61. The molecule has 0 bridgehead atoms. The number of hydrogen-bond donors (Lipinski definition) is 1. The van der Waals surface area contributed by atoms with E-state index >= 15 is 0 Å². The summed E-state index contributed by atoms with van der Waals surface area (Å²) in [4.78, 5) is 31.0. The molecule has 1 aromatic heterocycles. The van der Waals surface area contributed by atoms with Crippen molar-refractivity contribution in [1.82, 2.24) is 4.98 Å². The van der Waals surface area contributed by atoms with Crippen LogP contribution in [-0.4, -0.2) is 28.9 Å². The quantitative estimate of drug-likeness (QED) is 0.227. The molecule has 8 nitrogen and oxygen atoms in total. The molecule has 1 amide bonds. The number of aromatic nitrogens is 1. The van der Waals surface area contributed by atoms with E-state index < -0.39 is 10.8 Å². The Balaban J connectivity index is 1.41. The number of benzene rings is 3. The van der Waals surface area contributed by atoms with E-state index in [1.807, 2.05) is 23.1 Å². The fourth-order valence-electron chi connectivity index (χ4n) is 4.48. The second-order valence-electron chi connectivity index (χ2n) is 8.83. The Morgan fingerprint density at radius 3 is 2.67 bits per heavy atom. The minimum absolute atomic E-state index is 0.0812. The molecule has 2 heterocycles. The molecule has 5 rings (SSSR count). The van der Waals surface area contributed by atoms with Gasteiger partial charge in [-0.15, -0.1) is 0 Å². The van der Waals surface area contributed by atoms with Crippen molar-refractivity contribution >= 4 is 45.7 Å². The number of oxazole rings is 1. The van der Waals surface area contributed by atoms with Crippen molar-refractivity contribution in [1.29, 1.82) is 0 Å². The van der Waals surface area contributed by atoms with Gasteiger partial charge in [0, 0.05) is 30.3 Å². The summed E-state index contributed by atoms with van der Waals surface area (Å²) in [6.45, 7) is 3.61. The lowest BCUT2D eigenvalue weighted by Crippen LogP contribution is -2.30. The second kappa shape index (κ2) is 9.99. The van der Waals surface area contributed by atoms with Crippen LogP contribution >= 0.6 is 11.6 Å². The molecule has 0 unspecified atom stereocenters. The Morgan fingerprint density at radius 2 is 1.92 bits per heavy atom. The standard InChI is InChI=1S/C27H25ClN4O4/c1-2-17-6-11-25-22(14-17)30-27(36-25)19-7-9-20(28)21(15-19)29-26(33)18-8-10-23(24(16-18)32(34)35)31-12-4-3-5-13-31/h6-11,14-16H,2-5,12-13H2,1H3,(H,29,33). The first-order valence-corrected chi connectivity index (χ1v) is 12.3. The Hall–Kier alpha value is -3.91. The number of nitrogens with zero attached hydrogens (tertiary/aromatic N) is 3. The van der Waals surface area contributed by atoms with Crippen LogP contribution in [0, 0.1) is 10.1 Å². The van der Waals surface area contributed by atoms with E-state index in [9.17, 15) is 14.9 Å². The largest absolute Gasteiger partial charge is 0.436 e. The van der Waals surface area contributed by atoms with Crippen LogP contribution in [-0.2, 0) is 6.42 Å². The first kappa shape index (κ1) is 23.8. The SMILES string of the molecule is CCc1ccc2oc(-c3ccc(Cl)c(NC(=O)c4ccc(N5CCCCC5)c([N+](=O)[O-])c4)c3)nc2c1. The number of fused-ring (bicyclic) bond motifs is 1. The molecule has 36 heavy (non-hydrogen) atoms. The van der Waals surface area contributed by atoms with Crippen LogP contribution in [0.2, 0.25) is 5.02 Å². The van der Waals surface area contributed by atoms with Crippen molar-refractivity contribution in [3.8, 4) is 11.5 Å². The Morgan fingerprint density at radius 1 is 1.11 bits per heavy atom. The maximum atomic E-state index is 13.0. The van der Waals surface area contributed by atoms with Gasteiger partial charge in [-0.2, -0.15) is 0 Å². The lowest BCUT2D eigenvalue weighted by Gasteiger charge is -2.28. The fraction of sp³-hybridized carbons (Fsp3) is 0.259. The number of nitrogens with one attached hydrogen (secondary N) is 1. The van der Waals surface area contributed by atoms with Crippen LogP contribution in [0.1, 0.15) is 42.1 Å². The minimum atomic E-state index is -0.493. The van der Waals surface area contributed by atoms with Gasteiger partial charge in [0.2, 0.25) is 5.89 Å². The minimum Gasteiger partial charge on any atom is -0.436 e. The number of carbonyl (C=O) groups excluding carboxylic acids is 1. The first-order chi connectivity index (χ1) is 17.4. The molecule has 9 heteroatoms. The van der Waals surface area contributed by atoms with Gasteiger partial charge >= 0.3 is 0 Å². The topological polar surface area (TPSA) is 102 Å². The molecule has 0 atom stereocenters. The van der Waals surface area contributed by atoms with Gasteiger partial charge < -0.3 is 14.6 Å². The molecule has 1 aliphatic rings. The number of rotatable bonds is 6.